The number of nitrogens with zero attached hydrogens (tertiary/aromatic N) is 1. The maximum absolute atomic E-state index is 12.1. The number of fused-ring (bicyclic) bond motifs is 1. The molecule has 3 aromatic rings. The van der Waals surface area contributed by atoms with Gasteiger partial charge in [-0.3, -0.25) is 9.59 Å². The monoisotopic (exact) mass is 337 g/mol. The number of rotatable bonds is 7. The van der Waals surface area contributed by atoms with Gasteiger partial charge in [0, 0.05) is 17.3 Å². The van der Waals surface area contributed by atoms with E-state index in [0.29, 0.717) is 17.9 Å². The Morgan fingerprint density at radius 2 is 1.76 bits per heavy atom. The molecule has 0 aliphatic carbocycles. The van der Waals surface area contributed by atoms with Crippen LogP contribution in [-0.2, 0) is 16.1 Å². The number of esters is 1. The van der Waals surface area contributed by atoms with Gasteiger partial charge in [-0.25, -0.2) is 0 Å². The van der Waals surface area contributed by atoms with E-state index in [-0.39, 0.29) is 18.8 Å². The lowest BCUT2D eigenvalue weighted by Crippen LogP contribution is -2.14. The van der Waals surface area contributed by atoms with Gasteiger partial charge in [-0.15, -0.1) is 0 Å². The fraction of sp³-hybridized carbons (Fsp3) is 0.200. The zero-order chi connectivity index (χ0) is 17.6. The molecule has 0 bridgehead atoms. The fourth-order valence-corrected chi connectivity index (χ4v) is 2.65. The fourth-order valence-electron chi connectivity index (χ4n) is 2.65. The van der Waals surface area contributed by atoms with Crippen LogP contribution in [0.2, 0.25) is 0 Å². The first kappa shape index (κ1) is 16.8. The Balaban J connectivity index is 1.50. The SMILES string of the molecule is COc1ccc(C(=O)CC(=O)OCCn2ccc3ccccc32)cc1. The van der Waals surface area contributed by atoms with Gasteiger partial charge in [-0.1, -0.05) is 18.2 Å². The second-order valence-corrected chi connectivity index (χ2v) is 5.62. The highest BCUT2D eigenvalue weighted by atomic mass is 16.5. The topological polar surface area (TPSA) is 57.5 Å². The summed E-state index contributed by atoms with van der Waals surface area (Å²) in [5.41, 5.74) is 1.56. The van der Waals surface area contributed by atoms with Crippen molar-refractivity contribution >= 4 is 22.7 Å². The van der Waals surface area contributed by atoms with Gasteiger partial charge < -0.3 is 14.0 Å². The average molecular weight is 337 g/mol. The normalized spacial score (nSPS) is 10.6. The van der Waals surface area contributed by atoms with Crippen molar-refractivity contribution in [2.45, 2.75) is 13.0 Å². The zero-order valence-electron chi connectivity index (χ0n) is 14.0. The molecule has 128 valence electrons. The molecule has 0 amide bonds. The van der Waals surface area contributed by atoms with Gasteiger partial charge in [0.2, 0.25) is 0 Å². The summed E-state index contributed by atoms with van der Waals surface area (Å²) < 4.78 is 12.3. The molecule has 0 atom stereocenters. The highest BCUT2D eigenvalue weighted by Gasteiger charge is 2.13. The molecule has 2 aromatic carbocycles. The van der Waals surface area contributed by atoms with Crippen LogP contribution in [0.5, 0.6) is 5.75 Å². The van der Waals surface area contributed by atoms with Gasteiger partial charge in [0.1, 0.15) is 18.8 Å². The number of ketones is 1. The number of benzene rings is 2. The minimum absolute atomic E-state index is 0.230. The Morgan fingerprint density at radius 1 is 1.00 bits per heavy atom. The molecule has 25 heavy (non-hydrogen) atoms. The van der Waals surface area contributed by atoms with E-state index in [1.54, 1.807) is 31.4 Å². The smallest absolute Gasteiger partial charge is 0.313 e. The predicted octanol–water partition coefficient (Wildman–Crippen LogP) is 3.47. The van der Waals surface area contributed by atoms with E-state index in [9.17, 15) is 9.59 Å². The molecule has 0 aliphatic heterocycles. The Labute approximate surface area is 145 Å². The Morgan fingerprint density at radius 3 is 2.52 bits per heavy atom. The summed E-state index contributed by atoms with van der Waals surface area (Å²) >= 11 is 0. The third-order valence-electron chi connectivity index (χ3n) is 3.99. The molecule has 0 N–H and O–H groups in total. The van der Waals surface area contributed by atoms with Crippen molar-refractivity contribution in [3.8, 4) is 5.75 Å². The van der Waals surface area contributed by atoms with Gasteiger partial charge in [-0.05, 0) is 41.8 Å². The maximum atomic E-state index is 12.1. The number of para-hydroxylation sites is 1. The number of carbonyl (C=O) groups is 2. The van der Waals surface area contributed by atoms with Crippen LogP contribution in [0, 0.1) is 0 Å². The van der Waals surface area contributed by atoms with Crippen LogP contribution in [-0.4, -0.2) is 30.0 Å². The molecule has 0 unspecified atom stereocenters. The number of Topliss-reactive ketones (excluding diaryl/α,β-unsaturated/α-hetero) is 1. The molecule has 0 fully saturated rings. The van der Waals surface area contributed by atoms with Crippen molar-refractivity contribution in [3.63, 3.8) is 0 Å². The maximum Gasteiger partial charge on any atom is 0.313 e. The summed E-state index contributed by atoms with van der Waals surface area (Å²) in [6, 6.07) is 16.7. The lowest BCUT2D eigenvalue weighted by molar-refractivity contribution is -0.142. The van der Waals surface area contributed by atoms with Crippen LogP contribution >= 0.6 is 0 Å². The first-order valence-corrected chi connectivity index (χ1v) is 8.04. The number of hydrogen-bond donors (Lipinski definition) is 0. The Hall–Kier alpha value is -3.08. The van der Waals surface area contributed by atoms with Gasteiger partial charge in [-0.2, -0.15) is 0 Å². The zero-order valence-corrected chi connectivity index (χ0v) is 14.0. The molecule has 5 heteroatoms. The standard InChI is InChI=1S/C20H19NO4/c1-24-17-8-6-16(7-9-17)19(22)14-20(23)25-13-12-21-11-10-15-4-2-3-5-18(15)21/h2-11H,12-14H2,1H3. The second-order valence-electron chi connectivity index (χ2n) is 5.62. The second kappa shape index (κ2) is 7.66. The van der Waals surface area contributed by atoms with Crippen LogP contribution in [0.15, 0.2) is 60.8 Å². The third-order valence-corrected chi connectivity index (χ3v) is 3.99. The Bertz CT molecular complexity index is 880. The van der Waals surface area contributed by atoms with E-state index in [2.05, 4.69) is 0 Å². The largest absolute Gasteiger partial charge is 0.497 e. The van der Waals surface area contributed by atoms with E-state index < -0.39 is 5.97 Å². The lowest BCUT2D eigenvalue weighted by atomic mass is 10.1. The van der Waals surface area contributed by atoms with Gasteiger partial charge in [0.15, 0.2) is 5.78 Å². The Kier molecular flexibility index (Phi) is 5.14. The van der Waals surface area contributed by atoms with E-state index in [4.69, 9.17) is 9.47 Å². The molecule has 0 spiro atoms. The van der Waals surface area contributed by atoms with Crippen LogP contribution in [0.3, 0.4) is 0 Å². The summed E-state index contributed by atoms with van der Waals surface area (Å²) in [6.45, 7) is 0.781. The van der Waals surface area contributed by atoms with Crippen LogP contribution < -0.4 is 4.74 Å². The van der Waals surface area contributed by atoms with Crippen molar-refractivity contribution < 1.29 is 19.1 Å². The molecule has 0 saturated carbocycles. The number of ether oxygens (including phenoxy) is 2. The number of hydrogen-bond acceptors (Lipinski definition) is 4. The molecule has 1 aromatic heterocycles. The van der Waals surface area contributed by atoms with Crippen molar-refractivity contribution in [2.24, 2.45) is 0 Å². The summed E-state index contributed by atoms with van der Waals surface area (Å²) in [6.07, 6.45) is 1.69. The van der Waals surface area contributed by atoms with Crippen LogP contribution in [0.25, 0.3) is 10.9 Å². The summed E-state index contributed by atoms with van der Waals surface area (Å²) in [5, 5.41) is 1.14. The molecule has 5 nitrogen and oxygen atoms in total. The van der Waals surface area contributed by atoms with Gasteiger partial charge >= 0.3 is 5.97 Å². The van der Waals surface area contributed by atoms with E-state index in [1.807, 2.05) is 41.1 Å². The van der Waals surface area contributed by atoms with Crippen molar-refractivity contribution in [3.05, 3.63) is 66.4 Å². The number of aromatic nitrogens is 1. The molecule has 1 heterocycles. The minimum atomic E-state index is -0.516. The average Bonchev–Trinajstić information content (AvgIpc) is 3.05. The van der Waals surface area contributed by atoms with Crippen LogP contribution in [0.4, 0.5) is 0 Å². The first-order valence-electron chi connectivity index (χ1n) is 8.04. The van der Waals surface area contributed by atoms with Crippen LogP contribution in [0.1, 0.15) is 16.8 Å². The van der Waals surface area contributed by atoms with Gasteiger partial charge in [0.05, 0.1) is 13.7 Å². The number of methoxy groups -OCH3 is 1. The molecule has 0 saturated heterocycles. The minimum Gasteiger partial charge on any atom is -0.497 e. The third kappa shape index (κ3) is 4.07. The summed E-state index contributed by atoms with van der Waals surface area (Å²) in [4.78, 5) is 23.9. The van der Waals surface area contributed by atoms with E-state index >= 15 is 0 Å². The van der Waals surface area contributed by atoms with Gasteiger partial charge in [0.25, 0.3) is 0 Å². The molecular weight excluding hydrogens is 318 g/mol. The molecule has 0 radical (unpaired) electrons. The van der Waals surface area contributed by atoms with Crippen molar-refractivity contribution in [1.82, 2.24) is 4.57 Å². The number of carbonyl (C=O) groups excluding carboxylic acids is 2. The highest BCUT2D eigenvalue weighted by Crippen LogP contribution is 2.15. The molecular formula is C20H19NO4. The first-order chi connectivity index (χ1) is 12.2. The summed E-state index contributed by atoms with van der Waals surface area (Å²) in [5.74, 6) is -0.116. The van der Waals surface area contributed by atoms with Crippen molar-refractivity contribution in [2.75, 3.05) is 13.7 Å². The summed E-state index contributed by atoms with van der Waals surface area (Å²) in [7, 11) is 1.56. The van der Waals surface area contributed by atoms with E-state index in [1.165, 1.54) is 0 Å². The molecule has 0 aliphatic rings. The van der Waals surface area contributed by atoms with Crippen molar-refractivity contribution in [1.29, 1.82) is 0 Å². The quantitative estimate of drug-likeness (QED) is 0.376. The highest BCUT2D eigenvalue weighted by molar-refractivity contribution is 6.05. The lowest BCUT2D eigenvalue weighted by Gasteiger charge is -2.07. The van der Waals surface area contributed by atoms with E-state index in [0.717, 1.165) is 10.9 Å². The predicted molar refractivity (Wildman–Crippen MR) is 94.8 cm³/mol. The molecule has 3 rings (SSSR count).